The van der Waals surface area contributed by atoms with E-state index < -0.39 is 0 Å². The minimum Gasteiger partial charge on any atom is -0.457 e. The molecule has 0 N–H and O–H groups in total. The molecule has 0 saturated carbocycles. The fourth-order valence-electron chi connectivity index (χ4n) is 1.98. The molecule has 0 unspecified atom stereocenters. The highest BCUT2D eigenvalue weighted by atomic mass is 16.5. The van der Waals surface area contributed by atoms with Crippen LogP contribution in [-0.4, -0.2) is 4.98 Å². The highest BCUT2D eigenvalue weighted by Gasteiger charge is 2.19. The van der Waals surface area contributed by atoms with Crippen LogP contribution in [0.15, 0.2) is 36.5 Å². The molecule has 1 aromatic carbocycles. The third-order valence-electron chi connectivity index (χ3n) is 3.02. The van der Waals surface area contributed by atoms with E-state index >= 15 is 0 Å². The average molecular weight is 266 g/mol. The summed E-state index contributed by atoms with van der Waals surface area (Å²) in [6.07, 6.45) is 1.58. The molecule has 2 rings (SSSR count). The zero-order valence-corrected chi connectivity index (χ0v) is 12.3. The second-order valence-electron chi connectivity index (χ2n) is 5.84. The fraction of sp³-hybridized carbons (Fsp3) is 0.294. The predicted molar refractivity (Wildman–Crippen MR) is 78.9 cm³/mol. The molecule has 0 amide bonds. The van der Waals surface area contributed by atoms with Gasteiger partial charge >= 0.3 is 0 Å². The number of benzene rings is 1. The van der Waals surface area contributed by atoms with Gasteiger partial charge in [-0.05, 0) is 24.5 Å². The Hall–Kier alpha value is -2.34. The summed E-state index contributed by atoms with van der Waals surface area (Å²) < 4.78 is 5.94. The molecule has 102 valence electrons. The lowest BCUT2D eigenvalue weighted by Crippen LogP contribution is -2.12. The molecule has 2 aromatic rings. The first-order chi connectivity index (χ1) is 9.40. The van der Waals surface area contributed by atoms with E-state index in [1.807, 2.05) is 18.2 Å². The van der Waals surface area contributed by atoms with Crippen LogP contribution in [0.2, 0.25) is 0 Å². The normalized spacial score (nSPS) is 10.9. The topological polar surface area (TPSA) is 45.9 Å². The van der Waals surface area contributed by atoms with E-state index in [-0.39, 0.29) is 5.41 Å². The van der Waals surface area contributed by atoms with Gasteiger partial charge in [-0.25, -0.2) is 4.98 Å². The molecule has 20 heavy (non-hydrogen) atoms. The molecule has 0 saturated heterocycles. The van der Waals surface area contributed by atoms with Crippen LogP contribution in [0.5, 0.6) is 11.5 Å². The first-order valence-electron chi connectivity index (χ1n) is 6.55. The van der Waals surface area contributed by atoms with Crippen molar-refractivity contribution in [2.45, 2.75) is 33.1 Å². The number of hydrogen-bond acceptors (Lipinski definition) is 3. The van der Waals surface area contributed by atoms with Crippen molar-refractivity contribution in [3.8, 4) is 17.6 Å². The Kier molecular flexibility index (Phi) is 3.76. The molecule has 0 bridgehead atoms. The van der Waals surface area contributed by atoms with Gasteiger partial charge in [0.1, 0.15) is 23.3 Å². The van der Waals surface area contributed by atoms with Gasteiger partial charge in [0.2, 0.25) is 0 Å². The quantitative estimate of drug-likeness (QED) is 0.811. The van der Waals surface area contributed by atoms with Gasteiger partial charge in [-0.1, -0.05) is 38.5 Å². The Morgan fingerprint density at radius 1 is 1.15 bits per heavy atom. The van der Waals surface area contributed by atoms with Crippen LogP contribution in [0.1, 0.15) is 37.6 Å². The summed E-state index contributed by atoms with van der Waals surface area (Å²) in [5.41, 5.74) is 2.70. The summed E-state index contributed by atoms with van der Waals surface area (Å²) in [5, 5.41) is 8.88. The second-order valence-corrected chi connectivity index (χ2v) is 5.84. The zero-order chi connectivity index (χ0) is 14.8. The highest BCUT2D eigenvalue weighted by Crippen LogP contribution is 2.34. The summed E-state index contributed by atoms with van der Waals surface area (Å²) in [4.78, 5) is 3.94. The minimum atomic E-state index is -0.00750. The lowest BCUT2D eigenvalue weighted by molar-refractivity contribution is 0.454. The third-order valence-corrected chi connectivity index (χ3v) is 3.02. The SMILES string of the molecule is Cc1ccc(Oc2ccnc(C#N)c2)c(C(C)(C)C)c1. The van der Waals surface area contributed by atoms with Gasteiger partial charge in [-0.3, -0.25) is 0 Å². The number of aryl methyl sites for hydroxylation is 1. The summed E-state index contributed by atoms with van der Waals surface area (Å²) in [6, 6.07) is 11.6. The molecule has 0 radical (unpaired) electrons. The lowest BCUT2D eigenvalue weighted by atomic mass is 9.85. The van der Waals surface area contributed by atoms with Crippen molar-refractivity contribution in [2.75, 3.05) is 0 Å². The van der Waals surface area contributed by atoms with Crippen LogP contribution in [0.4, 0.5) is 0 Å². The standard InChI is InChI=1S/C17H18N2O/c1-12-5-6-16(15(9-12)17(2,3)4)20-14-7-8-19-13(10-14)11-18/h5-10H,1-4H3. The van der Waals surface area contributed by atoms with Crippen LogP contribution < -0.4 is 4.74 Å². The molecule has 0 atom stereocenters. The number of ether oxygens (including phenoxy) is 1. The van der Waals surface area contributed by atoms with Crippen molar-refractivity contribution in [3.05, 3.63) is 53.3 Å². The van der Waals surface area contributed by atoms with Gasteiger partial charge in [0, 0.05) is 17.8 Å². The van der Waals surface area contributed by atoms with E-state index in [0.717, 1.165) is 11.3 Å². The maximum atomic E-state index is 8.88. The summed E-state index contributed by atoms with van der Waals surface area (Å²) in [5.74, 6) is 1.45. The largest absolute Gasteiger partial charge is 0.457 e. The van der Waals surface area contributed by atoms with Crippen molar-refractivity contribution in [1.29, 1.82) is 5.26 Å². The predicted octanol–water partition coefficient (Wildman–Crippen LogP) is 4.35. The third kappa shape index (κ3) is 3.16. The van der Waals surface area contributed by atoms with E-state index in [9.17, 15) is 0 Å². The van der Waals surface area contributed by atoms with Crippen LogP contribution >= 0.6 is 0 Å². The van der Waals surface area contributed by atoms with E-state index in [0.29, 0.717) is 11.4 Å². The van der Waals surface area contributed by atoms with Gasteiger partial charge in [0.25, 0.3) is 0 Å². The Morgan fingerprint density at radius 2 is 1.90 bits per heavy atom. The molecule has 1 heterocycles. The number of nitriles is 1. The molecular formula is C17H18N2O. The van der Waals surface area contributed by atoms with E-state index in [1.165, 1.54) is 5.56 Å². The molecular weight excluding hydrogens is 248 g/mol. The zero-order valence-electron chi connectivity index (χ0n) is 12.3. The van der Waals surface area contributed by atoms with Gasteiger partial charge < -0.3 is 4.74 Å². The highest BCUT2D eigenvalue weighted by molar-refractivity contribution is 5.44. The average Bonchev–Trinajstić information content (AvgIpc) is 2.40. The lowest BCUT2D eigenvalue weighted by Gasteiger charge is -2.23. The van der Waals surface area contributed by atoms with Crippen LogP contribution in [0, 0.1) is 18.3 Å². The van der Waals surface area contributed by atoms with E-state index in [4.69, 9.17) is 10.00 Å². The number of hydrogen-bond donors (Lipinski definition) is 0. The molecule has 0 fully saturated rings. The number of rotatable bonds is 2. The van der Waals surface area contributed by atoms with Gasteiger partial charge in [-0.15, -0.1) is 0 Å². The molecule has 1 aromatic heterocycles. The molecule has 3 heteroatoms. The maximum Gasteiger partial charge on any atom is 0.144 e. The van der Waals surface area contributed by atoms with Crippen molar-refractivity contribution < 1.29 is 4.74 Å². The summed E-state index contributed by atoms with van der Waals surface area (Å²) >= 11 is 0. The van der Waals surface area contributed by atoms with Crippen molar-refractivity contribution in [1.82, 2.24) is 4.98 Å². The van der Waals surface area contributed by atoms with Crippen LogP contribution in [0.3, 0.4) is 0 Å². The second kappa shape index (κ2) is 5.34. The van der Waals surface area contributed by atoms with Gasteiger partial charge in [-0.2, -0.15) is 5.26 Å². The summed E-state index contributed by atoms with van der Waals surface area (Å²) in [6.45, 7) is 8.53. The Balaban J connectivity index is 2.41. The number of nitrogens with zero attached hydrogens (tertiary/aromatic N) is 2. The Bertz CT molecular complexity index is 663. The van der Waals surface area contributed by atoms with E-state index in [2.05, 4.69) is 38.7 Å². The molecule has 0 aliphatic rings. The van der Waals surface area contributed by atoms with Crippen LogP contribution in [0.25, 0.3) is 0 Å². The van der Waals surface area contributed by atoms with Crippen LogP contribution in [-0.2, 0) is 5.41 Å². The molecule has 3 nitrogen and oxygen atoms in total. The maximum absolute atomic E-state index is 8.88. The molecule has 0 aliphatic heterocycles. The first-order valence-corrected chi connectivity index (χ1v) is 6.55. The number of pyridine rings is 1. The van der Waals surface area contributed by atoms with Gasteiger partial charge in [0.15, 0.2) is 0 Å². The first kappa shape index (κ1) is 14.1. The monoisotopic (exact) mass is 266 g/mol. The van der Waals surface area contributed by atoms with Crippen molar-refractivity contribution in [3.63, 3.8) is 0 Å². The minimum absolute atomic E-state index is 0.00750. The smallest absolute Gasteiger partial charge is 0.144 e. The van der Waals surface area contributed by atoms with E-state index in [1.54, 1.807) is 18.3 Å². The molecule has 0 spiro atoms. The summed E-state index contributed by atoms with van der Waals surface area (Å²) in [7, 11) is 0. The fourth-order valence-corrected chi connectivity index (χ4v) is 1.98. The number of aromatic nitrogens is 1. The van der Waals surface area contributed by atoms with Crippen molar-refractivity contribution >= 4 is 0 Å². The van der Waals surface area contributed by atoms with Gasteiger partial charge in [0.05, 0.1) is 0 Å². The Morgan fingerprint density at radius 3 is 2.55 bits per heavy atom. The Labute approximate surface area is 119 Å². The van der Waals surface area contributed by atoms with Crippen molar-refractivity contribution in [2.24, 2.45) is 0 Å². The molecule has 0 aliphatic carbocycles.